The van der Waals surface area contributed by atoms with Crippen molar-refractivity contribution in [3.63, 3.8) is 0 Å². The number of amides is 1. The zero-order valence-corrected chi connectivity index (χ0v) is 13.1. The molecule has 1 aromatic rings. The van der Waals surface area contributed by atoms with E-state index in [4.69, 9.17) is 4.74 Å². The number of carbonyl (C=O) groups excluding carboxylic acids is 1. The van der Waals surface area contributed by atoms with Crippen molar-refractivity contribution in [1.29, 1.82) is 0 Å². The molecule has 116 valence electrons. The van der Waals surface area contributed by atoms with Crippen molar-refractivity contribution in [2.75, 3.05) is 18.6 Å². The molecule has 1 rings (SSSR count). The number of hydrogen-bond donors (Lipinski definition) is 1. The van der Waals surface area contributed by atoms with Gasteiger partial charge < -0.3 is 9.84 Å². The summed E-state index contributed by atoms with van der Waals surface area (Å²) in [5, 5.41) is 9.22. The summed E-state index contributed by atoms with van der Waals surface area (Å²) in [5.74, 6) is 0.615. The summed E-state index contributed by atoms with van der Waals surface area (Å²) < 4.78 is 5.14. The van der Waals surface area contributed by atoms with Gasteiger partial charge in [-0.2, -0.15) is 11.8 Å². The molecule has 0 radical (unpaired) electrons. The smallest absolute Gasteiger partial charge is 0.410 e. The van der Waals surface area contributed by atoms with Gasteiger partial charge in [0.1, 0.15) is 12.6 Å². The fourth-order valence-electron chi connectivity index (χ4n) is 1.77. The predicted molar refractivity (Wildman–Crippen MR) is 83.4 cm³/mol. The molecule has 21 heavy (non-hydrogen) atoms. The number of ether oxygens (including phenoxy) is 1. The first-order valence-corrected chi connectivity index (χ1v) is 7.95. The molecule has 1 aromatic carbocycles. The zero-order chi connectivity index (χ0) is 15.7. The molecule has 1 unspecified atom stereocenters. The van der Waals surface area contributed by atoms with Gasteiger partial charge >= 0.3 is 12.1 Å². The molecule has 1 atom stereocenters. The molecule has 0 aromatic heterocycles. The third kappa shape index (κ3) is 6.08. The van der Waals surface area contributed by atoms with E-state index in [0.29, 0.717) is 12.2 Å². The fourth-order valence-corrected chi connectivity index (χ4v) is 2.45. The van der Waals surface area contributed by atoms with Crippen molar-refractivity contribution in [1.82, 2.24) is 4.90 Å². The van der Waals surface area contributed by atoms with Crippen LogP contribution < -0.4 is 0 Å². The number of thioether (sulfide) groups is 1. The lowest BCUT2D eigenvalue weighted by Gasteiger charge is -2.24. The van der Waals surface area contributed by atoms with E-state index in [0.717, 1.165) is 16.2 Å². The average molecular weight is 311 g/mol. The standard InChI is InChI=1S/C15H21NO4S/c1-3-21-10-9-13(14(17)18)16(2)15(19)20-11-12-7-5-4-6-8-12/h4-8,13H,3,9-11H2,1-2H3,(H,17,18). The van der Waals surface area contributed by atoms with E-state index >= 15 is 0 Å². The summed E-state index contributed by atoms with van der Waals surface area (Å²) in [7, 11) is 1.46. The molecular weight excluding hydrogens is 290 g/mol. The Morgan fingerprint density at radius 1 is 1.33 bits per heavy atom. The molecule has 5 nitrogen and oxygen atoms in total. The van der Waals surface area contributed by atoms with Gasteiger partial charge in [-0.1, -0.05) is 37.3 Å². The Morgan fingerprint density at radius 2 is 2.00 bits per heavy atom. The maximum atomic E-state index is 11.9. The van der Waals surface area contributed by atoms with Gasteiger partial charge in [0.05, 0.1) is 0 Å². The molecule has 6 heteroatoms. The van der Waals surface area contributed by atoms with Crippen LogP contribution in [0.2, 0.25) is 0 Å². The molecule has 0 spiro atoms. The normalized spacial score (nSPS) is 11.7. The van der Waals surface area contributed by atoms with Gasteiger partial charge in [-0.3, -0.25) is 4.90 Å². The van der Waals surface area contributed by atoms with Gasteiger partial charge in [-0.15, -0.1) is 0 Å². The van der Waals surface area contributed by atoms with E-state index in [-0.39, 0.29) is 6.61 Å². The second-order valence-electron chi connectivity index (χ2n) is 4.49. The summed E-state index contributed by atoms with van der Waals surface area (Å²) in [6, 6.07) is 8.43. The van der Waals surface area contributed by atoms with Crippen LogP contribution in [0.5, 0.6) is 0 Å². The summed E-state index contributed by atoms with van der Waals surface area (Å²) in [6.45, 7) is 2.15. The Kier molecular flexibility index (Phi) is 7.68. The second kappa shape index (κ2) is 9.28. The fraction of sp³-hybridized carbons (Fsp3) is 0.467. The van der Waals surface area contributed by atoms with Gasteiger partial charge in [0, 0.05) is 7.05 Å². The van der Waals surface area contributed by atoms with Crippen LogP contribution in [0.1, 0.15) is 18.9 Å². The first-order chi connectivity index (χ1) is 10.1. The molecule has 0 bridgehead atoms. The highest BCUT2D eigenvalue weighted by Crippen LogP contribution is 2.11. The number of likely N-dealkylation sites (N-methyl/N-ethyl adjacent to an activating group) is 1. The van der Waals surface area contributed by atoms with E-state index in [2.05, 4.69) is 0 Å². The SMILES string of the molecule is CCSCCC(C(=O)O)N(C)C(=O)OCc1ccccc1. The lowest BCUT2D eigenvalue weighted by Crippen LogP contribution is -2.43. The number of carbonyl (C=O) groups is 2. The highest BCUT2D eigenvalue weighted by molar-refractivity contribution is 7.99. The molecule has 0 aliphatic carbocycles. The number of rotatable bonds is 8. The number of aliphatic carboxylic acids is 1. The number of carboxylic acids is 1. The first-order valence-electron chi connectivity index (χ1n) is 6.80. The summed E-state index contributed by atoms with van der Waals surface area (Å²) in [5.41, 5.74) is 0.868. The number of nitrogens with zero attached hydrogens (tertiary/aromatic N) is 1. The van der Waals surface area contributed by atoms with Crippen molar-refractivity contribution >= 4 is 23.8 Å². The van der Waals surface area contributed by atoms with Crippen molar-refractivity contribution in [3.8, 4) is 0 Å². The molecule has 0 fully saturated rings. The quantitative estimate of drug-likeness (QED) is 0.748. The topological polar surface area (TPSA) is 66.8 Å². The number of carboxylic acid groups (broad SMARTS) is 1. The van der Waals surface area contributed by atoms with E-state index in [1.807, 2.05) is 37.3 Å². The third-order valence-corrected chi connectivity index (χ3v) is 3.92. The highest BCUT2D eigenvalue weighted by atomic mass is 32.2. The average Bonchev–Trinajstić information content (AvgIpc) is 2.49. The van der Waals surface area contributed by atoms with Crippen LogP contribution in [0.4, 0.5) is 4.79 Å². The largest absolute Gasteiger partial charge is 0.480 e. The Hall–Kier alpha value is -1.69. The maximum absolute atomic E-state index is 11.9. The predicted octanol–water partition coefficient (Wildman–Crippen LogP) is 2.85. The Balaban J connectivity index is 2.51. The first kappa shape index (κ1) is 17.4. The van der Waals surface area contributed by atoms with Gasteiger partial charge in [-0.25, -0.2) is 9.59 Å². The van der Waals surface area contributed by atoms with Crippen LogP contribution >= 0.6 is 11.8 Å². The monoisotopic (exact) mass is 311 g/mol. The molecule has 1 amide bonds. The Morgan fingerprint density at radius 3 is 2.57 bits per heavy atom. The third-order valence-electron chi connectivity index (χ3n) is 2.99. The number of hydrogen-bond acceptors (Lipinski definition) is 4. The van der Waals surface area contributed by atoms with Crippen LogP contribution in [0, 0.1) is 0 Å². The molecule has 0 saturated heterocycles. The van der Waals surface area contributed by atoms with Crippen molar-refractivity contribution < 1.29 is 19.4 Å². The van der Waals surface area contributed by atoms with Crippen molar-refractivity contribution in [2.45, 2.75) is 26.0 Å². The highest BCUT2D eigenvalue weighted by Gasteiger charge is 2.27. The van der Waals surface area contributed by atoms with Crippen molar-refractivity contribution in [3.05, 3.63) is 35.9 Å². The van der Waals surface area contributed by atoms with Gasteiger partial charge in [0.2, 0.25) is 0 Å². The van der Waals surface area contributed by atoms with Gasteiger partial charge in [-0.05, 0) is 23.5 Å². The van der Waals surface area contributed by atoms with Crippen LogP contribution in [0.15, 0.2) is 30.3 Å². The lowest BCUT2D eigenvalue weighted by atomic mass is 10.2. The van der Waals surface area contributed by atoms with Gasteiger partial charge in [0.15, 0.2) is 0 Å². The summed E-state index contributed by atoms with van der Waals surface area (Å²) in [6.07, 6.45) is -0.210. The van der Waals surface area contributed by atoms with Gasteiger partial charge in [0.25, 0.3) is 0 Å². The zero-order valence-electron chi connectivity index (χ0n) is 12.3. The molecule has 0 aliphatic heterocycles. The van der Waals surface area contributed by atoms with Crippen LogP contribution in [-0.2, 0) is 16.1 Å². The number of benzene rings is 1. The minimum absolute atomic E-state index is 0.139. The lowest BCUT2D eigenvalue weighted by molar-refractivity contribution is -0.142. The molecular formula is C15H21NO4S. The maximum Gasteiger partial charge on any atom is 0.410 e. The molecule has 0 saturated carbocycles. The Labute approximate surface area is 129 Å². The van der Waals surface area contributed by atoms with E-state index in [1.165, 1.54) is 7.05 Å². The van der Waals surface area contributed by atoms with Crippen LogP contribution in [0.25, 0.3) is 0 Å². The molecule has 0 aliphatic rings. The molecule has 0 heterocycles. The Bertz CT molecular complexity index is 452. The second-order valence-corrected chi connectivity index (χ2v) is 5.88. The van der Waals surface area contributed by atoms with Crippen LogP contribution in [0.3, 0.4) is 0 Å². The molecule has 1 N–H and O–H groups in total. The van der Waals surface area contributed by atoms with Crippen LogP contribution in [-0.4, -0.2) is 46.7 Å². The van der Waals surface area contributed by atoms with Crippen molar-refractivity contribution in [2.24, 2.45) is 0 Å². The van der Waals surface area contributed by atoms with E-state index in [9.17, 15) is 14.7 Å². The summed E-state index contributed by atoms with van der Waals surface area (Å²) in [4.78, 5) is 24.3. The minimum Gasteiger partial charge on any atom is -0.480 e. The minimum atomic E-state index is -1.01. The van der Waals surface area contributed by atoms with E-state index < -0.39 is 18.1 Å². The summed E-state index contributed by atoms with van der Waals surface area (Å²) >= 11 is 1.65. The van der Waals surface area contributed by atoms with E-state index in [1.54, 1.807) is 11.8 Å².